The Balaban J connectivity index is 2.44. The minimum Gasteiger partial charge on any atom is -0.394 e. The summed E-state index contributed by atoms with van der Waals surface area (Å²) in [6.07, 6.45) is 4.13. The van der Waals surface area contributed by atoms with Gasteiger partial charge in [-0.25, -0.2) is 4.79 Å². The molecule has 2 rings (SSSR count). The smallest absolute Gasteiger partial charge is 0.330 e. The fourth-order valence-electron chi connectivity index (χ4n) is 2.04. The number of rotatable bonds is 3. The molecule has 1 aliphatic rings. The zero-order chi connectivity index (χ0) is 14.9. The van der Waals surface area contributed by atoms with Crippen LogP contribution >= 0.6 is 0 Å². The number of aliphatic hydroxyl groups excluding tert-OH is 2. The number of hydrogen-bond donors (Lipinski definition) is 3. The van der Waals surface area contributed by atoms with E-state index in [1.54, 1.807) is 0 Å². The zero-order valence-corrected chi connectivity index (χ0v) is 10.6. The molecule has 1 aromatic rings. The maximum absolute atomic E-state index is 11.8. The number of aromatic nitrogens is 2. The molecule has 3 atom stereocenters. The van der Waals surface area contributed by atoms with E-state index in [4.69, 9.17) is 16.3 Å². The van der Waals surface area contributed by atoms with E-state index >= 15 is 0 Å². The van der Waals surface area contributed by atoms with E-state index in [1.807, 2.05) is 0 Å². The Kier molecular flexibility index (Phi) is 3.90. The summed E-state index contributed by atoms with van der Waals surface area (Å²) in [5.41, 5.74) is -1.10. The summed E-state index contributed by atoms with van der Waals surface area (Å²) in [6, 6.07) is 0. The fraction of sp³-hybridized carbons (Fsp3) is 0.385. The van der Waals surface area contributed by atoms with Crippen molar-refractivity contribution in [3.05, 3.63) is 39.2 Å². The van der Waals surface area contributed by atoms with Gasteiger partial charge in [-0.15, -0.1) is 6.42 Å². The second-order valence-corrected chi connectivity index (χ2v) is 4.45. The largest absolute Gasteiger partial charge is 0.394 e. The topological polar surface area (TPSA) is 105 Å². The minimum absolute atomic E-state index is 0.0811. The summed E-state index contributed by atoms with van der Waals surface area (Å²) in [4.78, 5) is 25.5. The molecule has 0 spiro atoms. The van der Waals surface area contributed by atoms with Crippen LogP contribution in [0, 0.1) is 12.3 Å². The molecule has 0 radical (unpaired) electrons. The molecule has 7 heteroatoms. The quantitative estimate of drug-likeness (QED) is 0.604. The van der Waals surface area contributed by atoms with Gasteiger partial charge in [0.2, 0.25) is 0 Å². The first-order chi connectivity index (χ1) is 9.47. The molecule has 3 N–H and O–H groups in total. The Bertz CT molecular complexity index is 681. The van der Waals surface area contributed by atoms with E-state index in [-0.39, 0.29) is 24.2 Å². The highest BCUT2D eigenvalue weighted by molar-refractivity contribution is 5.75. The van der Waals surface area contributed by atoms with Crippen LogP contribution in [0.2, 0.25) is 0 Å². The molecule has 1 saturated heterocycles. The molecule has 20 heavy (non-hydrogen) atoms. The number of nitrogens with one attached hydrogen (secondary N) is 1. The lowest BCUT2D eigenvalue weighted by Crippen LogP contribution is -2.34. The van der Waals surface area contributed by atoms with Crippen LogP contribution in [0.25, 0.3) is 5.57 Å². The summed E-state index contributed by atoms with van der Waals surface area (Å²) in [5, 5.41) is 18.7. The monoisotopic (exact) mass is 278 g/mol. The predicted molar refractivity (Wildman–Crippen MR) is 70.8 cm³/mol. The first-order valence-electron chi connectivity index (χ1n) is 5.93. The van der Waals surface area contributed by atoms with Crippen LogP contribution in [-0.4, -0.2) is 38.6 Å². The Morgan fingerprint density at radius 1 is 1.65 bits per heavy atom. The third kappa shape index (κ3) is 2.44. The molecule has 1 fully saturated rings. The van der Waals surface area contributed by atoms with Crippen LogP contribution in [0.15, 0.2) is 22.4 Å². The maximum atomic E-state index is 11.8. The van der Waals surface area contributed by atoms with Crippen LogP contribution in [0.4, 0.5) is 0 Å². The number of allylic oxidation sites excluding steroid dienone is 1. The highest BCUT2D eigenvalue weighted by atomic mass is 16.5. The van der Waals surface area contributed by atoms with Crippen molar-refractivity contribution in [1.82, 2.24) is 9.55 Å². The van der Waals surface area contributed by atoms with Crippen molar-refractivity contribution in [1.29, 1.82) is 0 Å². The number of hydrogen-bond acceptors (Lipinski definition) is 5. The molecular weight excluding hydrogens is 264 g/mol. The Hall–Kier alpha value is -2.14. The molecular formula is C13H14N2O5. The van der Waals surface area contributed by atoms with Gasteiger partial charge in [0.05, 0.1) is 18.3 Å². The molecule has 0 bridgehead atoms. The highest BCUT2D eigenvalue weighted by Crippen LogP contribution is 2.27. The molecule has 0 saturated carbocycles. The molecule has 2 heterocycles. The average molecular weight is 278 g/mol. The standard InChI is InChI=1S/C13H14N2O5/c1-3-7(2)8-5-15(13(19)14-12(8)18)11-4-9(17)10(6-16)20-11/h1,5,9-11,16-17H,2,4,6H2,(H,14,18,19)/t9-,10+,11+/m0/s1. The number of nitrogens with zero attached hydrogens (tertiary/aromatic N) is 1. The van der Waals surface area contributed by atoms with E-state index in [9.17, 15) is 14.7 Å². The van der Waals surface area contributed by atoms with E-state index in [0.717, 1.165) is 4.57 Å². The van der Waals surface area contributed by atoms with Gasteiger partial charge in [-0.1, -0.05) is 12.5 Å². The third-order valence-corrected chi connectivity index (χ3v) is 3.16. The van der Waals surface area contributed by atoms with Gasteiger partial charge in [0.25, 0.3) is 5.56 Å². The van der Waals surface area contributed by atoms with Crippen LogP contribution in [0.5, 0.6) is 0 Å². The van der Waals surface area contributed by atoms with Gasteiger partial charge in [-0.05, 0) is 0 Å². The van der Waals surface area contributed by atoms with Gasteiger partial charge in [-0.2, -0.15) is 0 Å². The van der Waals surface area contributed by atoms with Crippen molar-refractivity contribution in [2.24, 2.45) is 0 Å². The predicted octanol–water partition coefficient (Wildman–Crippen LogP) is -1.18. The van der Waals surface area contributed by atoms with Crippen molar-refractivity contribution in [3.63, 3.8) is 0 Å². The normalized spacial score (nSPS) is 25.4. The van der Waals surface area contributed by atoms with Gasteiger partial charge >= 0.3 is 5.69 Å². The summed E-state index contributed by atoms with van der Waals surface area (Å²) < 4.78 is 6.48. The van der Waals surface area contributed by atoms with Crippen molar-refractivity contribution < 1.29 is 14.9 Å². The van der Waals surface area contributed by atoms with Crippen molar-refractivity contribution in [2.45, 2.75) is 24.9 Å². The van der Waals surface area contributed by atoms with E-state index in [0.29, 0.717) is 0 Å². The molecule has 0 aliphatic carbocycles. The van der Waals surface area contributed by atoms with Crippen LogP contribution < -0.4 is 11.2 Å². The Labute approximate surface area is 114 Å². The van der Waals surface area contributed by atoms with Gasteiger partial charge in [-0.3, -0.25) is 14.3 Å². The number of ether oxygens (including phenoxy) is 1. The number of aromatic amines is 1. The number of H-pyrrole nitrogens is 1. The average Bonchev–Trinajstić information content (AvgIpc) is 2.79. The molecule has 106 valence electrons. The summed E-state index contributed by atoms with van der Waals surface area (Å²) in [6.45, 7) is 3.18. The third-order valence-electron chi connectivity index (χ3n) is 3.16. The second-order valence-electron chi connectivity index (χ2n) is 4.45. The van der Waals surface area contributed by atoms with Crippen LogP contribution in [0.3, 0.4) is 0 Å². The maximum Gasteiger partial charge on any atom is 0.330 e. The summed E-state index contributed by atoms with van der Waals surface area (Å²) in [7, 11) is 0. The number of terminal acetylenes is 1. The van der Waals surface area contributed by atoms with Crippen molar-refractivity contribution in [2.75, 3.05) is 6.61 Å². The first kappa shape index (κ1) is 14.3. The highest BCUT2D eigenvalue weighted by Gasteiger charge is 2.35. The first-order valence-corrected chi connectivity index (χ1v) is 5.93. The molecule has 0 unspecified atom stereocenters. The van der Waals surface area contributed by atoms with E-state index in [1.165, 1.54) is 6.20 Å². The van der Waals surface area contributed by atoms with Gasteiger partial charge in [0, 0.05) is 18.2 Å². The van der Waals surface area contributed by atoms with Crippen molar-refractivity contribution >= 4 is 5.57 Å². The summed E-state index contributed by atoms with van der Waals surface area (Å²) >= 11 is 0. The number of aliphatic hydroxyl groups is 2. The molecule has 1 aliphatic heterocycles. The van der Waals surface area contributed by atoms with Crippen LogP contribution in [0.1, 0.15) is 18.2 Å². The lowest BCUT2D eigenvalue weighted by atomic mass is 10.1. The molecule has 0 aromatic carbocycles. The Morgan fingerprint density at radius 3 is 2.90 bits per heavy atom. The fourth-order valence-corrected chi connectivity index (χ4v) is 2.04. The Morgan fingerprint density at radius 2 is 2.35 bits per heavy atom. The zero-order valence-electron chi connectivity index (χ0n) is 10.6. The van der Waals surface area contributed by atoms with Gasteiger partial charge in [0.1, 0.15) is 12.3 Å². The second kappa shape index (κ2) is 5.46. The molecule has 0 amide bonds. The van der Waals surface area contributed by atoms with Crippen molar-refractivity contribution in [3.8, 4) is 12.3 Å². The lowest BCUT2D eigenvalue weighted by molar-refractivity contribution is -0.0459. The van der Waals surface area contributed by atoms with E-state index in [2.05, 4.69) is 17.5 Å². The van der Waals surface area contributed by atoms with Gasteiger partial charge in [0.15, 0.2) is 0 Å². The van der Waals surface area contributed by atoms with E-state index < -0.39 is 29.7 Å². The molecule has 7 nitrogen and oxygen atoms in total. The SMILES string of the molecule is C#CC(=C)c1cn([C@H]2C[C@H](O)[C@@H](CO)O2)c(=O)[nH]c1=O. The van der Waals surface area contributed by atoms with Gasteiger partial charge < -0.3 is 14.9 Å². The minimum atomic E-state index is -0.886. The molecule has 1 aromatic heterocycles. The summed E-state index contributed by atoms with van der Waals surface area (Å²) in [5.74, 6) is 2.23. The van der Waals surface area contributed by atoms with Crippen LogP contribution in [-0.2, 0) is 4.74 Å². The lowest BCUT2D eigenvalue weighted by Gasteiger charge is -2.15.